The molecule has 8 heteroatoms. The van der Waals surface area contributed by atoms with Crippen LogP contribution in [0.5, 0.6) is 0 Å². The third-order valence-electron chi connectivity index (χ3n) is 3.83. The molecule has 0 saturated carbocycles. The molecule has 3 rings (SSSR count). The Labute approximate surface area is 136 Å². The highest BCUT2D eigenvalue weighted by molar-refractivity contribution is 7.88. The molecule has 0 N–H and O–H groups in total. The van der Waals surface area contributed by atoms with Crippen LogP contribution in [-0.4, -0.2) is 46.7 Å². The summed E-state index contributed by atoms with van der Waals surface area (Å²) < 4.78 is 33.1. The molecule has 3 heterocycles. The molecule has 1 aliphatic rings. The molecule has 0 spiro atoms. The summed E-state index contributed by atoms with van der Waals surface area (Å²) in [5, 5.41) is 0. The number of rotatable bonds is 5. The van der Waals surface area contributed by atoms with Crippen LogP contribution in [0.4, 0.5) is 0 Å². The molecule has 0 aliphatic carbocycles. The minimum Gasteiger partial charge on any atom is -0.375 e. The normalized spacial score (nSPS) is 19.3. The lowest BCUT2D eigenvalue weighted by atomic mass is 10.1. The van der Waals surface area contributed by atoms with Crippen LogP contribution in [-0.2, 0) is 34.5 Å². The van der Waals surface area contributed by atoms with Crippen LogP contribution in [0.2, 0.25) is 0 Å². The van der Waals surface area contributed by atoms with Gasteiger partial charge in [-0.05, 0) is 12.1 Å². The zero-order chi connectivity index (χ0) is 16.3. The maximum Gasteiger partial charge on any atom is 0.211 e. The van der Waals surface area contributed by atoms with Gasteiger partial charge in [0.05, 0.1) is 31.7 Å². The third kappa shape index (κ3) is 4.15. The van der Waals surface area contributed by atoms with E-state index < -0.39 is 10.0 Å². The number of hydrogen-bond donors (Lipinski definition) is 0. The Balaban J connectivity index is 1.66. The van der Waals surface area contributed by atoms with Crippen molar-refractivity contribution in [3.63, 3.8) is 0 Å². The van der Waals surface area contributed by atoms with Crippen LogP contribution >= 0.6 is 0 Å². The highest BCUT2D eigenvalue weighted by atomic mass is 32.2. The van der Waals surface area contributed by atoms with Crippen molar-refractivity contribution in [2.45, 2.75) is 19.7 Å². The Morgan fingerprint density at radius 1 is 1.26 bits per heavy atom. The maximum atomic E-state index is 11.9. The van der Waals surface area contributed by atoms with Crippen LogP contribution < -0.4 is 0 Å². The molecular weight excluding hydrogens is 316 g/mol. The fourth-order valence-corrected chi connectivity index (χ4v) is 3.51. The van der Waals surface area contributed by atoms with E-state index in [-0.39, 0.29) is 5.92 Å². The van der Waals surface area contributed by atoms with Crippen LogP contribution in [0, 0.1) is 5.92 Å². The van der Waals surface area contributed by atoms with Gasteiger partial charge in [0.2, 0.25) is 10.0 Å². The molecule has 0 fully saturated rings. The summed E-state index contributed by atoms with van der Waals surface area (Å²) in [6.45, 7) is 2.34. The number of imidazole rings is 1. The highest BCUT2D eigenvalue weighted by Gasteiger charge is 2.27. The average molecular weight is 336 g/mol. The zero-order valence-corrected chi connectivity index (χ0v) is 13.8. The zero-order valence-electron chi connectivity index (χ0n) is 13.0. The first-order valence-electron chi connectivity index (χ1n) is 7.45. The summed E-state index contributed by atoms with van der Waals surface area (Å²) in [4.78, 5) is 8.46. The molecule has 1 aliphatic heterocycles. The van der Waals surface area contributed by atoms with Crippen LogP contribution in [0.15, 0.2) is 36.8 Å². The number of hydrogen-bond acceptors (Lipinski definition) is 5. The van der Waals surface area contributed by atoms with Gasteiger partial charge in [-0.2, -0.15) is 4.31 Å². The Bertz CT molecular complexity index is 745. The largest absolute Gasteiger partial charge is 0.375 e. The summed E-state index contributed by atoms with van der Waals surface area (Å²) in [5.41, 5.74) is 0.865. The molecule has 23 heavy (non-hydrogen) atoms. The van der Waals surface area contributed by atoms with Gasteiger partial charge in [0.1, 0.15) is 5.82 Å². The van der Waals surface area contributed by atoms with E-state index in [0.717, 1.165) is 11.5 Å². The lowest BCUT2D eigenvalue weighted by Crippen LogP contribution is -2.34. The minimum absolute atomic E-state index is 0.0730. The number of fused-ring (bicyclic) bond motifs is 1. The van der Waals surface area contributed by atoms with Gasteiger partial charge in [-0.25, -0.2) is 13.4 Å². The molecule has 1 unspecified atom stereocenters. The second-order valence-electron chi connectivity index (χ2n) is 5.75. The Morgan fingerprint density at radius 2 is 2.13 bits per heavy atom. The monoisotopic (exact) mass is 336 g/mol. The molecule has 7 nitrogen and oxygen atoms in total. The van der Waals surface area contributed by atoms with E-state index in [9.17, 15) is 8.42 Å². The number of ether oxygens (including phenoxy) is 1. The second kappa shape index (κ2) is 6.77. The van der Waals surface area contributed by atoms with Crippen molar-refractivity contribution in [2.24, 2.45) is 5.92 Å². The van der Waals surface area contributed by atoms with Crippen molar-refractivity contribution in [3.8, 4) is 0 Å². The fourth-order valence-electron chi connectivity index (χ4n) is 2.68. The molecule has 124 valence electrons. The van der Waals surface area contributed by atoms with Gasteiger partial charge >= 0.3 is 0 Å². The van der Waals surface area contributed by atoms with Crippen molar-refractivity contribution in [1.29, 1.82) is 0 Å². The lowest BCUT2D eigenvalue weighted by Gasteiger charge is -2.21. The van der Waals surface area contributed by atoms with Gasteiger partial charge in [0.25, 0.3) is 0 Å². The number of aromatic nitrogens is 3. The second-order valence-corrected chi connectivity index (χ2v) is 7.74. The van der Waals surface area contributed by atoms with E-state index in [1.165, 1.54) is 10.6 Å². The lowest BCUT2D eigenvalue weighted by molar-refractivity contribution is 0.0748. The predicted octanol–water partition coefficient (Wildman–Crippen LogP) is 0.886. The van der Waals surface area contributed by atoms with E-state index in [0.29, 0.717) is 32.8 Å². The molecule has 0 bridgehead atoms. The van der Waals surface area contributed by atoms with Gasteiger partial charge < -0.3 is 9.30 Å². The highest BCUT2D eigenvalue weighted by Crippen LogP contribution is 2.18. The average Bonchev–Trinajstić information content (AvgIpc) is 2.86. The van der Waals surface area contributed by atoms with Gasteiger partial charge in [0.15, 0.2) is 0 Å². The molecule has 0 aromatic carbocycles. The maximum absolute atomic E-state index is 11.9. The summed E-state index contributed by atoms with van der Waals surface area (Å²) in [5.74, 6) is 0.839. The number of sulfonamides is 1. The van der Waals surface area contributed by atoms with Crippen LogP contribution in [0.1, 0.15) is 11.5 Å². The van der Waals surface area contributed by atoms with E-state index in [4.69, 9.17) is 4.74 Å². The van der Waals surface area contributed by atoms with Crippen molar-refractivity contribution >= 4 is 10.0 Å². The summed E-state index contributed by atoms with van der Waals surface area (Å²) in [6.07, 6.45) is 6.55. The molecule has 0 radical (unpaired) electrons. The quantitative estimate of drug-likeness (QED) is 0.810. The fraction of sp³-hybridized carbons (Fsp3) is 0.467. The predicted molar refractivity (Wildman–Crippen MR) is 84.9 cm³/mol. The molecule has 0 amide bonds. The summed E-state index contributed by atoms with van der Waals surface area (Å²) in [6, 6.07) is 5.68. The summed E-state index contributed by atoms with van der Waals surface area (Å²) >= 11 is 0. The smallest absolute Gasteiger partial charge is 0.211 e. The Hall–Kier alpha value is -1.77. The Morgan fingerprint density at radius 3 is 2.87 bits per heavy atom. The number of pyridine rings is 1. The van der Waals surface area contributed by atoms with Crippen LogP contribution in [0.25, 0.3) is 0 Å². The first-order chi connectivity index (χ1) is 11.0. The van der Waals surface area contributed by atoms with E-state index >= 15 is 0 Å². The molecule has 2 aromatic heterocycles. The van der Waals surface area contributed by atoms with Crippen LogP contribution in [0.3, 0.4) is 0 Å². The number of nitrogens with zero attached hydrogens (tertiary/aromatic N) is 4. The Kier molecular flexibility index (Phi) is 4.74. The molecule has 1 atom stereocenters. The summed E-state index contributed by atoms with van der Waals surface area (Å²) in [7, 11) is -3.27. The van der Waals surface area contributed by atoms with Crippen molar-refractivity contribution in [3.05, 3.63) is 48.3 Å². The topological polar surface area (TPSA) is 77.3 Å². The third-order valence-corrected chi connectivity index (χ3v) is 5.05. The molecule has 2 aromatic rings. The van der Waals surface area contributed by atoms with Crippen molar-refractivity contribution in [1.82, 2.24) is 18.8 Å². The van der Waals surface area contributed by atoms with E-state index in [1.807, 2.05) is 29.0 Å². The van der Waals surface area contributed by atoms with Gasteiger partial charge in [-0.3, -0.25) is 4.98 Å². The standard InChI is InChI=1S/C15H20N4O3S/c1-23(20,21)19-9-13(8-18-7-6-17-15(18)10-19)11-22-12-14-4-2-3-5-16-14/h2-7,13H,8-12H2,1H3. The first kappa shape index (κ1) is 16.1. The van der Waals surface area contributed by atoms with E-state index in [1.54, 1.807) is 12.4 Å². The van der Waals surface area contributed by atoms with Gasteiger partial charge in [0, 0.05) is 37.6 Å². The molecule has 0 saturated heterocycles. The minimum atomic E-state index is -3.27. The SMILES string of the molecule is CS(=O)(=O)N1Cc2nccn2CC(COCc2ccccn2)C1. The molecular formula is C15H20N4O3S. The van der Waals surface area contributed by atoms with Crippen molar-refractivity contribution in [2.75, 3.05) is 19.4 Å². The van der Waals surface area contributed by atoms with Gasteiger partial charge in [-0.1, -0.05) is 6.07 Å². The first-order valence-corrected chi connectivity index (χ1v) is 9.30. The van der Waals surface area contributed by atoms with E-state index in [2.05, 4.69) is 9.97 Å². The van der Waals surface area contributed by atoms with Gasteiger partial charge in [-0.15, -0.1) is 0 Å². The van der Waals surface area contributed by atoms with Crippen molar-refractivity contribution < 1.29 is 13.2 Å².